The lowest BCUT2D eigenvalue weighted by Crippen LogP contribution is -2.50. The molecule has 0 bridgehead atoms. The van der Waals surface area contributed by atoms with Crippen molar-refractivity contribution in [1.82, 2.24) is 20.0 Å². The zero-order valence-electron chi connectivity index (χ0n) is 19.9. The fourth-order valence-corrected chi connectivity index (χ4v) is 4.72. The van der Waals surface area contributed by atoms with Crippen LogP contribution in [0.15, 0.2) is 4.99 Å². The van der Waals surface area contributed by atoms with Crippen molar-refractivity contribution in [2.75, 3.05) is 66.6 Å². The number of nitrogens with one attached hydrogen (secondary N) is 1. The fourth-order valence-electron chi connectivity index (χ4n) is 4.72. The summed E-state index contributed by atoms with van der Waals surface area (Å²) < 4.78 is 12.0. The maximum Gasteiger partial charge on any atom is 0.243 e. The molecule has 0 spiro atoms. The van der Waals surface area contributed by atoms with E-state index >= 15 is 0 Å². The van der Waals surface area contributed by atoms with Gasteiger partial charge in [-0.05, 0) is 58.0 Å². The molecule has 2 atom stereocenters. The standard InChI is InChI=1S/C23H43N5O3/c1-4-27-12-7-8-19(27)16-24-23(25-17-22(29)26(2)3)28-13-10-20(11-14-28)31-18-21-9-5-6-15-30-21/h19-21H,4-18H2,1-3H3,(H,24,25). The van der Waals surface area contributed by atoms with Crippen LogP contribution in [0.1, 0.15) is 51.9 Å². The Labute approximate surface area is 188 Å². The minimum Gasteiger partial charge on any atom is -0.376 e. The number of ether oxygens (including phenoxy) is 2. The van der Waals surface area contributed by atoms with Crippen LogP contribution in [0.5, 0.6) is 0 Å². The van der Waals surface area contributed by atoms with Crippen LogP contribution in [0.4, 0.5) is 0 Å². The molecular weight excluding hydrogens is 394 g/mol. The second-order valence-electron chi connectivity index (χ2n) is 9.24. The van der Waals surface area contributed by atoms with Crippen LogP contribution in [-0.2, 0) is 14.3 Å². The Bertz CT molecular complexity index is 572. The van der Waals surface area contributed by atoms with Crippen LogP contribution in [0.25, 0.3) is 0 Å². The number of hydrogen-bond acceptors (Lipinski definition) is 5. The van der Waals surface area contributed by atoms with Gasteiger partial charge >= 0.3 is 0 Å². The highest BCUT2D eigenvalue weighted by Gasteiger charge is 2.26. The smallest absolute Gasteiger partial charge is 0.243 e. The van der Waals surface area contributed by atoms with Gasteiger partial charge in [0.05, 0.1) is 18.8 Å². The lowest BCUT2D eigenvalue weighted by molar-refractivity contribution is -0.127. The van der Waals surface area contributed by atoms with Crippen molar-refractivity contribution in [2.45, 2.75) is 70.1 Å². The Morgan fingerprint density at radius 3 is 2.61 bits per heavy atom. The van der Waals surface area contributed by atoms with Crippen LogP contribution in [-0.4, -0.2) is 111 Å². The summed E-state index contributed by atoms with van der Waals surface area (Å²) in [4.78, 5) is 23.2. The normalized spacial score (nSPS) is 26.3. The van der Waals surface area contributed by atoms with Crippen molar-refractivity contribution in [3.8, 4) is 0 Å². The molecule has 3 rings (SSSR count). The molecule has 0 aromatic carbocycles. The quantitative estimate of drug-likeness (QED) is 0.459. The molecule has 178 valence electrons. The summed E-state index contributed by atoms with van der Waals surface area (Å²) in [6.45, 7) is 8.97. The number of rotatable bonds is 8. The van der Waals surface area contributed by atoms with E-state index in [0.717, 1.165) is 64.6 Å². The van der Waals surface area contributed by atoms with Crippen molar-refractivity contribution in [2.24, 2.45) is 4.99 Å². The monoisotopic (exact) mass is 437 g/mol. The van der Waals surface area contributed by atoms with Crippen molar-refractivity contribution in [3.63, 3.8) is 0 Å². The van der Waals surface area contributed by atoms with E-state index < -0.39 is 0 Å². The number of piperidine rings is 1. The third-order valence-electron chi connectivity index (χ3n) is 6.80. The number of carbonyl (C=O) groups excluding carboxylic acids is 1. The van der Waals surface area contributed by atoms with Crippen molar-refractivity contribution in [1.29, 1.82) is 0 Å². The van der Waals surface area contributed by atoms with Crippen molar-refractivity contribution < 1.29 is 14.3 Å². The van der Waals surface area contributed by atoms with Gasteiger partial charge < -0.3 is 24.6 Å². The van der Waals surface area contributed by atoms with E-state index in [1.165, 1.54) is 32.2 Å². The first-order chi connectivity index (χ1) is 15.1. The number of amides is 1. The molecule has 3 fully saturated rings. The van der Waals surface area contributed by atoms with Gasteiger partial charge in [-0.3, -0.25) is 9.69 Å². The molecule has 3 aliphatic rings. The van der Waals surface area contributed by atoms with E-state index in [4.69, 9.17) is 9.47 Å². The van der Waals surface area contributed by atoms with E-state index in [1.54, 1.807) is 19.0 Å². The Balaban J connectivity index is 1.49. The second-order valence-corrected chi connectivity index (χ2v) is 9.24. The molecule has 0 radical (unpaired) electrons. The molecule has 8 nitrogen and oxygen atoms in total. The molecule has 3 saturated heterocycles. The van der Waals surface area contributed by atoms with E-state index in [1.807, 2.05) is 0 Å². The van der Waals surface area contributed by atoms with Crippen molar-refractivity contribution >= 4 is 11.9 Å². The second kappa shape index (κ2) is 12.6. The third-order valence-corrected chi connectivity index (χ3v) is 6.80. The van der Waals surface area contributed by atoms with Gasteiger partial charge in [0.25, 0.3) is 0 Å². The molecule has 1 amide bonds. The van der Waals surface area contributed by atoms with E-state index in [-0.39, 0.29) is 24.7 Å². The molecule has 2 unspecified atom stereocenters. The lowest BCUT2D eigenvalue weighted by atomic mass is 10.1. The minimum absolute atomic E-state index is 0.0288. The van der Waals surface area contributed by atoms with Crippen LogP contribution in [0.2, 0.25) is 0 Å². The van der Waals surface area contributed by atoms with Gasteiger partial charge in [-0.1, -0.05) is 6.92 Å². The maximum atomic E-state index is 12.1. The number of likely N-dealkylation sites (tertiary alicyclic amines) is 2. The number of likely N-dealkylation sites (N-methyl/N-ethyl adjacent to an activating group) is 2. The van der Waals surface area contributed by atoms with E-state index in [9.17, 15) is 4.79 Å². The Morgan fingerprint density at radius 1 is 1.13 bits per heavy atom. The highest BCUT2D eigenvalue weighted by atomic mass is 16.5. The predicted octanol–water partition coefficient (Wildman–Crippen LogP) is 1.55. The molecular formula is C23H43N5O3. The van der Waals surface area contributed by atoms with Gasteiger partial charge in [0.15, 0.2) is 5.96 Å². The van der Waals surface area contributed by atoms with Gasteiger partial charge in [-0.2, -0.15) is 0 Å². The highest BCUT2D eigenvalue weighted by molar-refractivity contribution is 5.85. The Hall–Kier alpha value is -1.38. The summed E-state index contributed by atoms with van der Waals surface area (Å²) in [6.07, 6.45) is 8.57. The first-order valence-corrected chi connectivity index (χ1v) is 12.3. The molecule has 3 aliphatic heterocycles. The number of carbonyl (C=O) groups is 1. The molecule has 31 heavy (non-hydrogen) atoms. The zero-order valence-corrected chi connectivity index (χ0v) is 19.9. The van der Waals surface area contributed by atoms with Gasteiger partial charge in [-0.25, -0.2) is 4.99 Å². The predicted molar refractivity (Wildman–Crippen MR) is 123 cm³/mol. The van der Waals surface area contributed by atoms with Crippen LogP contribution < -0.4 is 5.32 Å². The largest absolute Gasteiger partial charge is 0.376 e. The number of nitrogens with zero attached hydrogens (tertiary/aromatic N) is 4. The van der Waals surface area contributed by atoms with Gasteiger partial charge in [-0.15, -0.1) is 0 Å². The zero-order chi connectivity index (χ0) is 22.1. The lowest BCUT2D eigenvalue weighted by Gasteiger charge is -2.36. The molecule has 1 N–H and O–H groups in total. The summed E-state index contributed by atoms with van der Waals surface area (Å²) in [5, 5.41) is 3.59. The molecule has 8 heteroatoms. The molecule has 0 aromatic rings. The first kappa shape index (κ1) is 24.3. The Morgan fingerprint density at radius 2 is 1.94 bits per heavy atom. The van der Waals surface area contributed by atoms with E-state index in [0.29, 0.717) is 6.04 Å². The fraction of sp³-hybridized carbons (Fsp3) is 0.913. The summed E-state index contributed by atoms with van der Waals surface area (Å²) in [7, 11) is 3.56. The topological polar surface area (TPSA) is 69.6 Å². The first-order valence-electron chi connectivity index (χ1n) is 12.3. The summed E-state index contributed by atoms with van der Waals surface area (Å²) in [5.41, 5.74) is 0. The average molecular weight is 438 g/mol. The Kier molecular flexibility index (Phi) is 9.87. The minimum atomic E-state index is 0.0288. The molecule has 0 aliphatic carbocycles. The van der Waals surface area contributed by atoms with E-state index in [2.05, 4.69) is 27.0 Å². The number of guanidine groups is 1. The van der Waals surface area contributed by atoms with Gasteiger partial charge in [0, 0.05) is 46.4 Å². The molecule has 3 heterocycles. The number of aliphatic imine (C=N–C) groups is 1. The third kappa shape index (κ3) is 7.61. The number of hydrogen-bond donors (Lipinski definition) is 1. The molecule has 0 saturated carbocycles. The van der Waals surface area contributed by atoms with Crippen molar-refractivity contribution in [3.05, 3.63) is 0 Å². The summed E-state index contributed by atoms with van der Waals surface area (Å²) >= 11 is 0. The SMILES string of the molecule is CCN1CCCC1CNC(=NCC(=O)N(C)C)N1CCC(OCC2CCCCO2)CC1. The average Bonchev–Trinajstić information content (AvgIpc) is 3.26. The van der Waals surface area contributed by atoms with Gasteiger partial charge in [0.1, 0.15) is 6.54 Å². The highest BCUT2D eigenvalue weighted by Crippen LogP contribution is 2.19. The summed E-state index contributed by atoms with van der Waals surface area (Å²) in [5.74, 6) is 0.897. The van der Waals surface area contributed by atoms with Crippen LogP contribution >= 0.6 is 0 Å². The summed E-state index contributed by atoms with van der Waals surface area (Å²) in [6, 6.07) is 0.552. The van der Waals surface area contributed by atoms with Gasteiger partial charge in [0.2, 0.25) is 5.91 Å². The molecule has 0 aromatic heterocycles. The van der Waals surface area contributed by atoms with Crippen LogP contribution in [0, 0.1) is 0 Å². The maximum absolute atomic E-state index is 12.1. The van der Waals surface area contributed by atoms with Crippen LogP contribution in [0.3, 0.4) is 0 Å².